The first-order valence-corrected chi connectivity index (χ1v) is 6.47. The Morgan fingerprint density at radius 3 is 2.06 bits per heavy atom. The second-order valence-electron chi connectivity index (χ2n) is 5.73. The number of ketones is 1. The van der Waals surface area contributed by atoms with E-state index in [1.807, 2.05) is 25.7 Å². The fourth-order valence-corrected chi connectivity index (χ4v) is 1.81. The van der Waals surface area contributed by atoms with E-state index in [2.05, 4.69) is 5.32 Å². The predicted molar refractivity (Wildman–Crippen MR) is 67.9 cm³/mol. The zero-order valence-electron chi connectivity index (χ0n) is 11.2. The maximum absolute atomic E-state index is 11.8. The third-order valence-electron chi connectivity index (χ3n) is 3.13. The molecular formula is C13H24N2O2. The summed E-state index contributed by atoms with van der Waals surface area (Å²) in [5.74, 6) is 0.0701. The standard InChI is InChI=1S/C13H24N2O2/c1-13(2,3)11(16)10-14-12(17)15-8-6-4-5-7-9-15/h4-10H2,1-3H3,(H,14,17). The van der Waals surface area contributed by atoms with Gasteiger partial charge in [-0.15, -0.1) is 0 Å². The van der Waals surface area contributed by atoms with Crippen molar-refractivity contribution in [3.05, 3.63) is 0 Å². The number of carbonyl (C=O) groups is 2. The minimum atomic E-state index is -0.383. The number of Topliss-reactive ketones (excluding diaryl/α,β-unsaturated/α-hetero) is 1. The second-order valence-corrected chi connectivity index (χ2v) is 5.73. The van der Waals surface area contributed by atoms with Crippen LogP contribution in [0.4, 0.5) is 4.79 Å². The van der Waals surface area contributed by atoms with Crippen molar-refractivity contribution >= 4 is 11.8 Å². The molecule has 98 valence electrons. The lowest BCUT2D eigenvalue weighted by molar-refractivity contribution is -0.125. The molecule has 0 aromatic rings. The molecule has 2 amide bonds. The molecule has 4 nitrogen and oxygen atoms in total. The number of urea groups is 1. The highest BCUT2D eigenvalue weighted by Crippen LogP contribution is 2.14. The Hall–Kier alpha value is -1.06. The Morgan fingerprint density at radius 2 is 1.59 bits per heavy atom. The minimum absolute atomic E-state index is 0.0701. The Labute approximate surface area is 104 Å². The van der Waals surface area contributed by atoms with Gasteiger partial charge in [-0.05, 0) is 12.8 Å². The van der Waals surface area contributed by atoms with Gasteiger partial charge in [-0.3, -0.25) is 4.79 Å². The average molecular weight is 240 g/mol. The van der Waals surface area contributed by atoms with Crippen molar-refractivity contribution in [3.8, 4) is 0 Å². The second kappa shape index (κ2) is 6.03. The molecule has 0 aromatic carbocycles. The van der Waals surface area contributed by atoms with Crippen LogP contribution in [-0.4, -0.2) is 36.3 Å². The van der Waals surface area contributed by atoms with Gasteiger partial charge in [-0.2, -0.15) is 0 Å². The maximum atomic E-state index is 11.8. The van der Waals surface area contributed by atoms with Crippen LogP contribution in [-0.2, 0) is 4.79 Å². The van der Waals surface area contributed by atoms with Gasteiger partial charge in [0.25, 0.3) is 0 Å². The lowest BCUT2D eigenvalue weighted by atomic mass is 9.91. The van der Waals surface area contributed by atoms with Crippen molar-refractivity contribution in [2.45, 2.75) is 46.5 Å². The van der Waals surface area contributed by atoms with E-state index >= 15 is 0 Å². The summed E-state index contributed by atoms with van der Waals surface area (Å²) in [6.45, 7) is 7.37. The third-order valence-corrected chi connectivity index (χ3v) is 3.13. The topological polar surface area (TPSA) is 49.4 Å². The summed E-state index contributed by atoms with van der Waals surface area (Å²) >= 11 is 0. The molecular weight excluding hydrogens is 216 g/mol. The zero-order valence-corrected chi connectivity index (χ0v) is 11.2. The third kappa shape index (κ3) is 4.75. The van der Waals surface area contributed by atoms with Gasteiger partial charge in [-0.1, -0.05) is 33.6 Å². The van der Waals surface area contributed by atoms with Crippen LogP contribution in [0.15, 0.2) is 0 Å². The van der Waals surface area contributed by atoms with Gasteiger partial charge >= 0.3 is 6.03 Å². The molecule has 0 atom stereocenters. The van der Waals surface area contributed by atoms with Crippen molar-refractivity contribution in [2.24, 2.45) is 5.41 Å². The summed E-state index contributed by atoms with van der Waals surface area (Å²) in [4.78, 5) is 25.4. The number of likely N-dealkylation sites (tertiary alicyclic amines) is 1. The molecule has 4 heteroatoms. The Morgan fingerprint density at radius 1 is 1.06 bits per heavy atom. The quantitative estimate of drug-likeness (QED) is 0.804. The fourth-order valence-electron chi connectivity index (χ4n) is 1.81. The molecule has 0 spiro atoms. The molecule has 1 heterocycles. The van der Waals surface area contributed by atoms with Crippen molar-refractivity contribution in [3.63, 3.8) is 0 Å². The molecule has 1 rings (SSSR count). The highest BCUT2D eigenvalue weighted by molar-refractivity contribution is 5.88. The minimum Gasteiger partial charge on any atom is -0.331 e. The van der Waals surface area contributed by atoms with Gasteiger partial charge < -0.3 is 10.2 Å². The van der Waals surface area contributed by atoms with Crippen molar-refractivity contribution < 1.29 is 9.59 Å². The van der Waals surface area contributed by atoms with Gasteiger partial charge in [0.05, 0.1) is 6.54 Å². The lowest BCUT2D eigenvalue weighted by Crippen LogP contribution is -2.44. The molecule has 1 aliphatic rings. The van der Waals surface area contributed by atoms with Crippen molar-refractivity contribution in [1.29, 1.82) is 0 Å². The number of amides is 2. The summed E-state index contributed by atoms with van der Waals surface area (Å²) < 4.78 is 0. The largest absolute Gasteiger partial charge is 0.331 e. The monoisotopic (exact) mass is 240 g/mol. The molecule has 0 radical (unpaired) electrons. The van der Waals surface area contributed by atoms with Crippen LogP contribution in [0.3, 0.4) is 0 Å². The Bertz CT molecular complexity index is 274. The molecule has 1 N–H and O–H groups in total. The first-order valence-electron chi connectivity index (χ1n) is 6.47. The molecule has 1 saturated heterocycles. The van der Waals surface area contributed by atoms with E-state index in [1.54, 1.807) is 0 Å². The van der Waals surface area contributed by atoms with E-state index in [0.717, 1.165) is 25.9 Å². The number of hydrogen-bond acceptors (Lipinski definition) is 2. The fraction of sp³-hybridized carbons (Fsp3) is 0.846. The van der Waals surface area contributed by atoms with E-state index in [1.165, 1.54) is 12.8 Å². The molecule has 0 saturated carbocycles. The lowest BCUT2D eigenvalue weighted by Gasteiger charge is -2.22. The van der Waals surface area contributed by atoms with Gasteiger partial charge in [0, 0.05) is 18.5 Å². The highest BCUT2D eigenvalue weighted by Gasteiger charge is 2.22. The number of nitrogens with zero attached hydrogens (tertiary/aromatic N) is 1. The van der Waals surface area contributed by atoms with E-state index in [-0.39, 0.29) is 23.8 Å². The van der Waals surface area contributed by atoms with Crippen LogP contribution in [0.25, 0.3) is 0 Å². The molecule has 1 fully saturated rings. The number of carbonyl (C=O) groups excluding carboxylic acids is 2. The van der Waals surface area contributed by atoms with Gasteiger partial charge in [-0.25, -0.2) is 4.79 Å². The Balaban J connectivity index is 2.36. The number of nitrogens with one attached hydrogen (secondary N) is 1. The summed E-state index contributed by atoms with van der Waals surface area (Å²) in [6.07, 6.45) is 4.54. The van der Waals surface area contributed by atoms with E-state index in [4.69, 9.17) is 0 Å². The van der Waals surface area contributed by atoms with E-state index in [0.29, 0.717) is 0 Å². The zero-order chi connectivity index (χ0) is 12.9. The van der Waals surface area contributed by atoms with E-state index in [9.17, 15) is 9.59 Å². The first-order chi connectivity index (χ1) is 7.91. The van der Waals surface area contributed by atoms with Crippen molar-refractivity contribution in [1.82, 2.24) is 10.2 Å². The smallest absolute Gasteiger partial charge is 0.317 e. The molecule has 0 aliphatic carbocycles. The summed E-state index contributed by atoms with van der Waals surface area (Å²) in [5.41, 5.74) is -0.383. The van der Waals surface area contributed by atoms with Crippen molar-refractivity contribution in [2.75, 3.05) is 19.6 Å². The molecule has 0 aromatic heterocycles. The number of hydrogen-bond donors (Lipinski definition) is 1. The van der Waals surface area contributed by atoms with Crippen LogP contribution in [0.2, 0.25) is 0 Å². The summed E-state index contributed by atoms with van der Waals surface area (Å²) in [7, 11) is 0. The average Bonchev–Trinajstić information content (AvgIpc) is 2.52. The SMILES string of the molecule is CC(C)(C)C(=O)CNC(=O)N1CCCCCC1. The van der Waals surface area contributed by atoms with Crippen LogP contribution < -0.4 is 5.32 Å². The number of rotatable bonds is 2. The van der Waals surface area contributed by atoms with Crippen LogP contribution >= 0.6 is 0 Å². The van der Waals surface area contributed by atoms with Gasteiger partial charge in [0.15, 0.2) is 5.78 Å². The first kappa shape index (κ1) is 14.0. The summed E-state index contributed by atoms with van der Waals surface area (Å²) in [5, 5.41) is 2.72. The molecule has 1 aliphatic heterocycles. The van der Waals surface area contributed by atoms with Crippen LogP contribution in [0.1, 0.15) is 46.5 Å². The highest BCUT2D eigenvalue weighted by atomic mass is 16.2. The maximum Gasteiger partial charge on any atom is 0.317 e. The molecule has 17 heavy (non-hydrogen) atoms. The van der Waals surface area contributed by atoms with E-state index < -0.39 is 0 Å². The van der Waals surface area contributed by atoms with Gasteiger partial charge in [0.2, 0.25) is 0 Å². The van der Waals surface area contributed by atoms with Gasteiger partial charge in [0.1, 0.15) is 0 Å². The van der Waals surface area contributed by atoms with Crippen LogP contribution in [0.5, 0.6) is 0 Å². The predicted octanol–water partition coefficient (Wildman–Crippen LogP) is 2.19. The molecule has 0 bridgehead atoms. The normalized spacial score (nSPS) is 17.5. The van der Waals surface area contributed by atoms with Crippen LogP contribution in [0, 0.1) is 5.41 Å². The summed E-state index contributed by atoms with van der Waals surface area (Å²) in [6, 6.07) is -0.0931. The molecule has 0 unspecified atom stereocenters. The Kier molecular flexibility index (Phi) is 4.97.